The molecule has 166 valence electrons. The highest BCUT2D eigenvalue weighted by atomic mass is 35.5. The molecular weight excluding hydrogens is 456 g/mol. The molecule has 4 aromatic rings. The fourth-order valence-electron chi connectivity index (χ4n) is 2.99. The highest BCUT2D eigenvalue weighted by Crippen LogP contribution is 2.33. The van der Waals surface area contributed by atoms with Crippen LogP contribution in [0.4, 0.5) is 23.4 Å². The van der Waals surface area contributed by atoms with E-state index in [4.69, 9.17) is 11.6 Å². The molecule has 3 aromatic heterocycles. The van der Waals surface area contributed by atoms with Gasteiger partial charge in [-0.3, -0.25) is 0 Å². The molecule has 0 saturated carbocycles. The number of hydrogen-bond donors (Lipinski definition) is 1. The van der Waals surface area contributed by atoms with Gasteiger partial charge in [-0.25, -0.2) is 33.7 Å². The summed E-state index contributed by atoms with van der Waals surface area (Å²) in [6.45, 7) is -1.35. The van der Waals surface area contributed by atoms with Gasteiger partial charge < -0.3 is 10.1 Å². The third-order valence-electron chi connectivity index (χ3n) is 4.31. The molecule has 0 bridgehead atoms. The first-order valence-corrected chi connectivity index (χ1v) is 9.37. The molecule has 1 unspecified atom stereocenters. The summed E-state index contributed by atoms with van der Waals surface area (Å²) in [4.78, 5) is 19.8. The predicted molar refractivity (Wildman–Crippen MR) is 105 cm³/mol. The normalized spacial score (nSPS) is 12.5. The maximum atomic E-state index is 13.0. The fraction of sp³-hybridized carbons (Fsp3) is 0.222. The number of nitrogens with zero attached hydrogens (tertiary/aromatic N) is 7. The quantitative estimate of drug-likeness (QED) is 0.399. The lowest BCUT2D eigenvalue weighted by Crippen LogP contribution is -2.16. The number of fused-ring (bicyclic) bond motifs is 1. The Kier molecular flexibility index (Phi) is 5.99. The van der Waals surface area contributed by atoms with Crippen LogP contribution in [-0.4, -0.2) is 41.3 Å². The molecule has 0 aliphatic rings. The van der Waals surface area contributed by atoms with Gasteiger partial charge in [0.15, 0.2) is 17.4 Å². The maximum Gasteiger partial charge on any atom is 0.387 e. The Morgan fingerprint density at radius 1 is 0.969 bits per heavy atom. The zero-order valence-corrected chi connectivity index (χ0v) is 16.9. The van der Waals surface area contributed by atoms with Crippen LogP contribution in [0.1, 0.15) is 30.9 Å². The topological polar surface area (TPSA) is 104 Å². The zero-order chi connectivity index (χ0) is 22.8. The van der Waals surface area contributed by atoms with Gasteiger partial charge in [-0.1, -0.05) is 11.6 Å². The Labute approximate surface area is 182 Å². The summed E-state index contributed by atoms with van der Waals surface area (Å²) in [6.07, 6.45) is 0.640. The molecule has 0 fully saturated rings. The first-order valence-electron chi connectivity index (χ1n) is 8.99. The summed E-state index contributed by atoms with van der Waals surface area (Å²) in [5.74, 6) is 0.473. The lowest BCUT2D eigenvalue weighted by Gasteiger charge is -2.17. The minimum absolute atomic E-state index is 0.0969. The second-order valence-electron chi connectivity index (χ2n) is 6.40. The largest absolute Gasteiger partial charge is 0.432 e. The number of alkyl halides is 4. The number of ether oxygens (including phenoxy) is 1. The van der Waals surface area contributed by atoms with Crippen molar-refractivity contribution in [1.82, 2.24) is 34.7 Å². The van der Waals surface area contributed by atoms with E-state index in [0.717, 1.165) is 12.4 Å². The van der Waals surface area contributed by atoms with Crippen LogP contribution in [0.3, 0.4) is 0 Å². The lowest BCUT2D eigenvalue weighted by atomic mass is 10.2. The van der Waals surface area contributed by atoms with Crippen molar-refractivity contribution in [3.05, 3.63) is 53.7 Å². The number of benzene rings is 1. The monoisotopic (exact) mass is 468 g/mol. The van der Waals surface area contributed by atoms with Crippen molar-refractivity contribution >= 4 is 28.3 Å². The minimum Gasteiger partial charge on any atom is -0.432 e. The van der Waals surface area contributed by atoms with Crippen LogP contribution < -0.4 is 10.1 Å². The molecule has 3 heterocycles. The van der Waals surface area contributed by atoms with Crippen LogP contribution in [0, 0.1) is 0 Å². The third kappa shape index (κ3) is 4.37. The van der Waals surface area contributed by atoms with Crippen LogP contribution in [-0.2, 0) is 0 Å². The van der Waals surface area contributed by atoms with E-state index in [1.165, 1.54) is 29.5 Å². The zero-order valence-electron chi connectivity index (χ0n) is 16.1. The summed E-state index contributed by atoms with van der Waals surface area (Å²) < 4.78 is 57.3. The SMILES string of the molecule is CC(Nc1ncnc2c(OC(F)F)cc(Cl)cc12)c1ncnn1-c1cc(C(F)F)ncn1. The first-order chi connectivity index (χ1) is 15.3. The van der Waals surface area contributed by atoms with Gasteiger partial charge in [0.25, 0.3) is 6.43 Å². The van der Waals surface area contributed by atoms with Crippen molar-refractivity contribution in [1.29, 1.82) is 0 Å². The predicted octanol–water partition coefficient (Wildman–Crippen LogP) is 4.37. The van der Waals surface area contributed by atoms with E-state index in [1.54, 1.807) is 6.92 Å². The van der Waals surface area contributed by atoms with E-state index < -0.39 is 24.8 Å². The number of hydrogen-bond acceptors (Lipinski definition) is 8. The van der Waals surface area contributed by atoms with Gasteiger partial charge >= 0.3 is 6.61 Å². The van der Waals surface area contributed by atoms with E-state index >= 15 is 0 Å². The van der Waals surface area contributed by atoms with Gasteiger partial charge in [0.05, 0.1) is 6.04 Å². The highest BCUT2D eigenvalue weighted by Gasteiger charge is 2.20. The highest BCUT2D eigenvalue weighted by molar-refractivity contribution is 6.31. The van der Waals surface area contributed by atoms with Crippen LogP contribution in [0.2, 0.25) is 5.02 Å². The molecular formula is C18H13ClF4N8O. The van der Waals surface area contributed by atoms with E-state index in [0.29, 0.717) is 11.2 Å². The third-order valence-corrected chi connectivity index (χ3v) is 4.53. The molecule has 32 heavy (non-hydrogen) atoms. The Morgan fingerprint density at radius 3 is 2.50 bits per heavy atom. The molecule has 1 aromatic carbocycles. The maximum absolute atomic E-state index is 13.0. The molecule has 0 aliphatic carbocycles. The molecule has 1 atom stereocenters. The second kappa shape index (κ2) is 8.86. The Hall–Kier alpha value is -3.61. The van der Waals surface area contributed by atoms with Gasteiger partial charge in [-0.15, -0.1) is 0 Å². The summed E-state index contributed by atoms with van der Waals surface area (Å²) >= 11 is 6.05. The molecule has 14 heteroatoms. The van der Waals surface area contributed by atoms with Crippen molar-refractivity contribution < 1.29 is 22.3 Å². The van der Waals surface area contributed by atoms with E-state index in [2.05, 4.69) is 40.1 Å². The number of aromatic nitrogens is 7. The van der Waals surface area contributed by atoms with Crippen molar-refractivity contribution in [3.63, 3.8) is 0 Å². The molecule has 1 N–H and O–H groups in total. The average Bonchev–Trinajstić information content (AvgIpc) is 3.24. The second-order valence-corrected chi connectivity index (χ2v) is 6.84. The molecule has 0 spiro atoms. The summed E-state index contributed by atoms with van der Waals surface area (Å²) in [6, 6.07) is 3.25. The standard InChI is InChI=1S/C18H13ClF4N8O/c1-8(17-28-7-29-31(17)13-4-11(15(20)21)24-5-25-13)30-16-10-2-9(19)3-12(32-18(22)23)14(10)26-6-27-16/h2-8,15,18H,1H3,(H,26,27,30). The smallest absolute Gasteiger partial charge is 0.387 e. The molecule has 4 rings (SSSR count). The van der Waals surface area contributed by atoms with Gasteiger partial charge in [0.1, 0.15) is 36.0 Å². The molecule has 0 saturated heterocycles. The Bertz CT molecular complexity index is 1250. The minimum atomic E-state index is -3.06. The van der Waals surface area contributed by atoms with E-state index in [1.807, 2.05) is 0 Å². The van der Waals surface area contributed by atoms with Crippen LogP contribution in [0.15, 0.2) is 37.2 Å². The number of anilines is 1. The number of nitrogens with one attached hydrogen (secondary N) is 1. The average molecular weight is 469 g/mol. The van der Waals surface area contributed by atoms with E-state index in [-0.39, 0.29) is 27.9 Å². The molecule has 0 radical (unpaired) electrons. The Morgan fingerprint density at radius 2 is 1.75 bits per heavy atom. The van der Waals surface area contributed by atoms with Crippen LogP contribution in [0.5, 0.6) is 5.75 Å². The van der Waals surface area contributed by atoms with Crippen LogP contribution in [0.25, 0.3) is 16.7 Å². The summed E-state index contributed by atoms with van der Waals surface area (Å²) in [5.41, 5.74) is -0.335. The van der Waals surface area contributed by atoms with E-state index in [9.17, 15) is 17.6 Å². The summed E-state index contributed by atoms with van der Waals surface area (Å²) in [5, 5.41) is 7.59. The Balaban J connectivity index is 1.69. The molecule has 0 amide bonds. The van der Waals surface area contributed by atoms with Gasteiger partial charge in [0.2, 0.25) is 0 Å². The van der Waals surface area contributed by atoms with Gasteiger partial charge in [-0.05, 0) is 13.0 Å². The first kappa shape index (κ1) is 21.6. The molecule has 9 nitrogen and oxygen atoms in total. The summed E-state index contributed by atoms with van der Waals surface area (Å²) in [7, 11) is 0. The lowest BCUT2D eigenvalue weighted by molar-refractivity contribution is -0.0489. The van der Waals surface area contributed by atoms with Gasteiger partial charge in [0, 0.05) is 22.5 Å². The van der Waals surface area contributed by atoms with Gasteiger partial charge in [-0.2, -0.15) is 18.6 Å². The number of halogens is 5. The molecule has 0 aliphatic heterocycles. The van der Waals surface area contributed by atoms with Crippen molar-refractivity contribution in [2.75, 3.05) is 5.32 Å². The van der Waals surface area contributed by atoms with Crippen molar-refractivity contribution in [3.8, 4) is 11.6 Å². The fourth-order valence-corrected chi connectivity index (χ4v) is 3.20. The van der Waals surface area contributed by atoms with Crippen LogP contribution >= 0.6 is 11.6 Å². The number of rotatable bonds is 7. The van der Waals surface area contributed by atoms with Crippen molar-refractivity contribution in [2.24, 2.45) is 0 Å². The van der Waals surface area contributed by atoms with Crippen molar-refractivity contribution in [2.45, 2.75) is 26.0 Å².